The Morgan fingerprint density at radius 3 is 2.80 bits per heavy atom. The van der Waals surface area contributed by atoms with Crippen LogP contribution in [0.3, 0.4) is 0 Å². The van der Waals surface area contributed by atoms with Crippen LogP contribution in [0.5, 0.6) is 0 Å². The van der Waals surface area contributed by atoms with Gasteiger partial charge in [-0.1, -0.05) is 15.9 Å². The molecule has 6 heteroatoms. The van der Waals surface area contributed by atoms with Gasteiger partial charge in [-0.25, -0.2) is 5.84 Å². The van der Waals surface area contributed by atoms with Crippen molar-refractivity contribution < 1.29 is 0 Å². The predicted molar refractivity (Wildman–Crippen MR) is 70.8 cm³/mol. The number of hydrogen-bond acceptors (Lipinski definition) is 2. The van der Waals surface area contributed by atoms with Crippen LogP contribution >= 0.6 is 31.9 Å². The van der Waals surface area contributed by atoms with E-state index in [1.807, 2.05) is 25.1 Å². The van der Waals surface area contributed by atoms with Gasteiger partial charge in [-0.15, -0.1) is 0 Å². The largest absolute Gasteiger partial charge is 0.324 e. The molecule has 0 radical (unpaired) electrons. The first-order valence-electron chi connectivity index (χ1n) is 4.40. The average molecular weight is 336 g/mol. The zero-order valence-corrected chi connectivity index (χ0v) is 11.4. The molecule has 0 aliphatic heterocycles. The molecule has 0 spiro atoms. The molecule has 82 valence electrons. The summed E-state index contributed by atoms with van der Waals surface area (Å²) >= 11 is 6.83. The van der Waals surface area contributed by atoms with Crippen LogP contribution in [0.2, 0.25) is 0 Å². The zero-order valence-electron chi connectivity index (χ0n) is 8.22. The third kappa shape index (κ3) is 3.81. The quantitative estimate of drug-likeness (QED) is 0.337. The van der Waals surface area contributed by atoms with Crippen LogP contribution in [0.15, 0.2) is 32.1 Å². The summed E-state index contributed by atoms with van der Waals surface area (Å²) in [5, 5.41) is 3.08. The number of nitrogens with two attached hydrogens (primary N) is 1. The summed E-state index contributed by atoms with van der Waals surface area (Å²) in [5.41, 5.74) is 3.40. The van der Waals surface area contributed by atoms with Gasteiger partial charge in [0, 0.05) is 15.5 Å². The summed E-state index contributed by atoms with van der Waals surface area (Å²) in [5.74, 6) is 5.86. The second kappa shape index (κ2) is 6.09. The van der Waals surface area contributed by atoms with Gasteiger partial charge in [0.25, 0.3) is 0 Å². The topological polar surface area (TPSA) is 62.4 Å². The van der Waals surface area contributed by atoms with E-state index >= 15 is 0 Å². The summed E-state index contributed by atoms with van der Waals surface area (Å²) in [7, 11) is 0. The first-order chi connectivity index (χ1) is 7.17. The van der Waals surface area contributed by atoms with E-state index in [2.05, 4.69) is 47.6 Å². The lowest BCUT2D eigenvalue weighted by Gasteiger charge is -2.10. The Hall–Kier alpha value is -0.590. The molecule has 0 fully saturated rings. The molecule has 4 N–H and O–H groups in total. The van der Waals surface area contributed by atoms with Gasteiger partial charge >= 0.3 is 0 Å². The molecule has 0 unspecified atom stereocenters. The maximum Gasteiger partial charge on any atom is 0.210 e. The Morgan fingerprint density at radius 2 is 2.20 bits per heavy atom. The van der Waals surface area contributed by atoms with E-state index < -0.39 is 0 Å². The summed E-state index contributed by atoms with van der Waals surface area (Å²) in [6.07, 6.45) is 0. The van der Waals surface area contributed by atoms with Crippen LogP contribution in [0.1, 0.15) is 6.92 Å². The van der Waals surface area contributed by atoms with Crippen LogP contribution in [0, 0.1) is 0 Å². The molecular formula is C9H12Br2N4. The molecule has 0 saturated carbocycles. The lowest BCUT2D eigenvalue weighted by atomic mass is 10.3. The van der Waals surface area contributed by atoms with E-state index in [1.165, 1.54) is 0 Å². The number of aliphatic imine (C=N–C) groups is 1. The molecule has 4 nitrogen and oxygen atoms in total. The van der Waals surface area contributed by atoms with Gasteiger partial charge in [0.2, 0.25) is 5.96 Å². The van der Waals surface area contributed by atoms with Gasteiger partial charge in [-0.3, -0.25) is 10.4 Å². The molecular weight excluding hydrogens is 324 g/mol. The first-order valence-corrected chi connectivity index (χ1v) is 5.99. The van der Waals surface area contributed by atoms with E-state index in [4.69, 9.17) is 5.84 Å². The molecule has 0 aromatic heterocycles. The molecule has 0 aliphatic carbocycles. The lowest BCUT2D eigenvalue weighted by molar-refractivity contribution is 0.986. The summed E-state index contributed by atoms with van der Waals surface area (Å²) in [4.78, 5) is 4.14. The number of hydrazine groups is 1. The predicted octanol–water partition coefficient (Wildman–Crippen LogP) is 2.46. The number of hydrogen-bond donors (Lipinski definition) is 3. The van der Waals surface area contributed by atoms with Crippen LogP contribution < -0.4 is 16.6 Å². The molecule has 15 heavy (non-hydrogen) atoms. The molecule has 1 rings (SSSR count). The van der Waals surface area contributed by atoms with Crippen molar-refractivity contribution in [3.8, 4) is 0 Å². The normalized spacial score (nSPS) is 11.3. The number of benzene rings is 1. The van der Waals surface area contributed by atoms with Crippen LogP contribution in [-0.2, 0) is 0 Å². The maximum atomic E-state index is 5.32. The summed E-state index contributed by atoms with van der Waals surface area (Å²) in [6, 6.07) is 5.82. The second-order valence-electron chi connectivity index (χ2n) is 2.72. The molecule has 0 atom stereocenters. The Kier molecular flexibility index (Phi) is 5.07. The van der Waals surface area contributed by atoms with Crippen molar-refractivity contribution >= 4 is 43.5 Å². The van der Waals surface area contributed by atoms with Gasteiger partial charge < -0.3 is 5.32 Å². The molecule has 0 amide bonds. The van der Waals surface area contributed by atoms with Gasteiger partial charge in [0.05, 0.1) is 5.69 Å². The average Bonchev–Trinajstić information content (AvgIpc) is 2.22. The van der Waals surface area contributed by atoms with Crippen LogP contribution in [0.25, 0.3) is 0 Å². The van der Waals surface area contributed by atoms with E-state index in [1.54, 1.807) is 0 Å². The van der Waals surface area contributed by atoms with Crippen molar-refractivity contribution in [2.75, 3.05) is 11.9 Å². The third-order valence-corrected chi connectivity index (χ3v) is 2.82. The van der Waals surface area contributed by atoms with Crippen molar-refractivity contribution in [2.24, 2.45) is 10.8 Å². The highest BCUT2D eigenvalue weighted by Crippen LogP contribution is 2.25. The number of anilines is 1. The van der Waals surface area contributed by atoms with Crippen LogP contribution in [-0.4, -0.2) is 12.5 Å². The highest BCUT2D eigenvalue weighted by molar-refractivity contribution is 9.11. The van der Waals surface area contributed by atoms with E-state index in [0.717, 1.165) is 14.6 Å². The monoisotopic (exact) mass is 334 g/mol. The fourth-order valence-corrected chi connectivity index (χ4v) is 1.71. The standard InChI is InChI=1S/C9H12Br2N4/c1-2-13-9(15-12)14-8-5-6(10)3-4-7(8)11/h3-5H,2,12H2,1H3,(H2,13,14,15). The fraction of sp³-hybridized carbons (Fsp3) is 0.222. The minimum absolute atomic E-state index is 0.538. The third-order valence-electron chi connectivity index (χ3n) is 1.63. The van der Waals surface area contributed by atoms with Gasteiger partial charge in [0.15, 0.2) is 0 Å². The highest BCUT2D eigenvalue weighted by Gasteiger charge is 2.02. The van der Waals surface area contributed by atoms with E-state index in [0.29, 0.717) is 12.5 Å². The Balaban J connectivity index is 2.87. The molecule has 0 heterocycles. The number of nitrogens with zero attached hydrogens (tertiary/aromatic N) is 1. The SMILES string of the molecule is CCN=C(NN)Nc1cc(Br)ccc1Br. The minimum atomic E-state index is 0.538. The van der Waals surface area contributed by atoms with E-state index in [-0.39, 0.29) is 0 Å². The Labute approximate surface area is 106 Å². The van der Waals surface area contributed by atoms with Crippen molar-refractivity contribution in [1.29, 1.82) is 0 Å². The number of halogens is 2. The Bertz CT molecular complexity index is 365. The minimum Gasteiger partial charge on any atom is -0.324 e. The maximum absolute atomic E-state index is 5.32. The van der Waals surface area contributed by atoms with Crippen molar-refractivity contribution in [1.82, 2.24) is 5.43 Å². The molecule has 1 aromatic rings. The number of rotatable bonds is 2. The van der Waals surface area contributed by atoms with Crippen LogP contribution in [0.4, 0.5) is 5.69 Å². The lowest BCUT2D eigenvalue weighted by Crippen LogP contribution is -2.36. The van der Waals surface area contributed by atoms with Crippen molar-refractivity contribution in [3.63, 3.8) is 0 Å². The molecule has 1 aromatic carbocycles. The second-order valence-corrected chi connectivity index (χ2v) is 4.49. The fourth-order valence-electron chi connectivity index (χ4n) is 1.00. The van der Waals surface area contributed by atoms with Crippen molar-refractivity contribution in [3.05, 3.63) is 27.1 Å². The van der Waals surface area contributed by atoms with Crippen molar-refractivity contribution in [2.45, 2.75) is 6.92 Å². The van der Waals surface area contributed by atoms with Gasteiger partial charge in [0.1, 0.15) is 0 Å². The smallest absolute Gasteiger partial charge is 0.210 e. The molecule has 0 aliphatic rings. The highest BCUT2D eigenvalue weighted by atomic mass is 79.9. The Morgan fingerprint density at radius 1 is 1.47 bits per heavy atom. The first kappa shape index (κ1) is 12.5. The molecule has 0 saturated heterocycles. The summed E-state index contributed by atoms with van der Waals surface area (Å²) in [6.45, 7) is 2.60. The number of guanidine groups is 1. The van der Waals surface area contributed by atoms with Gasteiger partial charge in [-0.2, -0.15) is 0 Å². The summed E-state index contributed by atoms with van der Waals surface area (Å²) < 4.78 is 1.94. The van der Waals surface area contributed by atoms with Gasteiger partial charge in [-0.05, 0) is 41.1 Å². The van der Waals surface area contributed by atoms with E-state index in [9.17, 15) is 0 Å². The number of nitrogens with one attached hydrogen (secondary N) is 2. The zero-order chi connectivity index (χ0) is 11.3. The molecule has 0 bridgehead atoms.